The Bertz CT molecular complexity index is 1710. The second-order valence-corrected chi connectivity index (χ2v) is 15.1. The van der Waals surface area contributed by atoms with Gasteiger partial charge in [0.15, 0.2) is 0 Å². The first-order valence-corrected chi connectivity index (χ1v) is 17.0. The second-order valence-electron chi connectivity index (χ2n) is 10.5. The first-order chi connectivity index (χ1) is 21.0. The Morgan fingerprint density at radius 3 is 1.63 bits per heavy atom. The topological polar surface area (TPSA) is 75.6 Å². The molecule has 2 N–H and O–H groups in total. The summed E-state index contributed by atoms with van der Waals surface area (Å²) in [7, 11) is 0. The van der Waals surface area contributed by atoms with Crippen molar-refractivity contribution in [1.29, 1.82) is 0 Å². The van der Waals surface area contributed by atoms with Gasteiger partial charge < -0.3 is 15.2 Å². The highest BCUT2D eigenvalue weighted by molar-refractivity contribution is 8.22. The molecule has 0 bridgehead atoms. The van der Waals surface area contributed by atoms with E-state index in [9.17, 15) is 14.7 Å². The molecule has 0 fully saturated rings. The molecule has 5 aromatic carbocycles. The first-order valence-electron chi connectivity index (χ1n) is 14.1. The van der Waals surface area contributed by atoms with E-state index in [-0.39, 0.29) is 12.5 Å². The summed E-state index contributed by atoms with van der Waals surface area (Å²) in [5.74, 6) is -1.33. The average Bonchev–Trinajstić information content (AvgIpc) is 3.38. The number of nitrogens with one attached hydrogen (secondary N) is 1. The third kappa shape index (κ3) is 5.52. The minimum absolute atomic E-state index is 0.0771. The van der Waals surface area contributed by atoms with Crippen molar-refractivity contribution in [2.45, 2.75) is 17.6 Å². The number of carboxylic acid groups (broad SMARTS) is 1. The van der Waals surface area contributed by atoms with Gasteiger partial charge in [-0.05, 0) is 38.4 Å². The van der Waals surface area contributed by atoms with Crippen molar-refractivity contribution >= 4 is 40.5 Å². The molecule has 0 saturated heterocycles. The van der Waals surface area contributed by atoms with Crippen molar-refractivity contribution in [3.63, 3.8) is 0 Å². The summed E-state index contributed by atoms with van der Waals surface area (Å²) in [6.45, 7) is 0.0771. The van der Waals surface area contributed by atoms with E-state index in [4.69, 9.17) is 16.5 Å². The summed E-state index contributed by atoms with van der Waals surface area (Å²) in [5, 5.41) is 15.1. The van der Waals surface area contributed by atoms with Gasteiger partial charge in [-0.1, -0.05) is 151 Å². The maximum Gasteiger partial charge on any atom is 0.407 e. The Balaban J connectivity index is 1.35. The SMILES string of the molecule is O=C(N[C@H](C(=O)O)[C@H](c1ccccc1)P(=S)(c1ccccc1)c1ccccc1)OCC1c2ccccc2-c2ccccc21. The summed E-state index contributed by atoms with van der Waals surface area (Å²) >= 11 is 6.58. The zero-order valence-corrected chi connectivity index (χ0v) is 25.0. The van der Waals surface area contributed by atoms with Gasteiger partial charge in [0, 0.05) is 12.0 Å². The number of amides is 1. The van der Waals surface area contributed by atoms with Crippen LogP contribution in [0.15, 0.2) is 140 Å². The van der Waals surface area contributed by atoms with Gasteiger partial charge in [0.2, 0.25) is 0 Å². The molecule has 7 heteroatoms. The summed E-state index contributed by atoms with van der Waals surface area (Å²) in [4.78, 5) is 26.5. The van der Waals surface area contributed by atoms with E-state index in [0.717, 1.165) is 38.4 Å². The van der Waals surface area contributed by atoms with Crippen molar-refractivity contribution in [2.24, 2.45) is 0 Å². The smallest absolute Gasteiger partial charge is 0.407 e. The quantitative estimate of drug-likeness (QED) is 0.180. The van der Waals surface area contributed by atoms with Crippen LogP contribution in [0.5, 0.6) is 0 Å². The van der Waals surface area contributed by atoms with Gasteiger partial charge in [-0.2, -0.15) is 0 Å². The number of alkyl carbamates (subject to hydrolysis) is 1. The molecule has 0 aromatic heterocycles. The molecule has 0 radical (unpaired) electrons. The lowest BCUT2D eigenvalue weighted by atomic mass is 9.98. The van der Waals surface area contributed by atoms with Crippen molar-refractivity contribution < 1.29 is 19.4 Å². The molecular formula is C36H30NO4PS. The Morgan fingerprint density at radius 1 is 0.698 bits per heavy atom. The van der Waals surface area contributed by atoms with Crippen LogP contribution >= 0.6 is 6.04 Å². The van der Waals surface area contributed by atoms with E-state index in [1.165, 1.54) is 0 Å². The third-order valence-corrected chi connectivity index (χ3v) is 13.5. The van der Waals surface area contributed by atoms with Crippen LogP contribution < -0.4 is 15.9 Å². The average molecular weight is 604 g/mol. The van der Waals surface area contributed by atoms with E-state index in [1.807, 2.05) is 127 Å². The van der Waals surface area contributed by atoms with Crippen LogP contribution in [0.2, 0.25) is 0 Å². The predicted octanol–water partition coefficient (Wildman–Crippen LogP) is 6.85. The largest absolute Gasteiger partial charge is 0.480 e. The number of hydrogen-bond acceptors (Lipinski definition) is 4. The Labute approximate surface area is 256 Å². The monoisotopic (exact) mass is 603 g/mol. The van der Waals surface area contributed by atoms with Gasteiger partial charge in [-0.25, -0.2) is 9.59 Å². The Hall–Kier alpha value is -4.51. The van der Waals surface area contributed by atoms with Gasteiger partial charge in [0.1, 0.15) is 12.6 Å². The van der Waals surface area contributed by atoms with Crippen LogP contribution in [0.25, 0.3) is 11.1 Å². The van der Waals surface area contributed by atoms with Gasteiger partial charge in [0.05, 0.1) is 5.66 Å². The molecule has 6 rings (SSSR count). The van der Waals surface area contributed by atoms with Crippen molar-refractivity contribution in [3.05, 3.63) is 156 Å². The lowest BCUT2D eigenvalue weighted by molar-refractivity contribution is -0.139. The molecule has 2 atom stereocenters. The number of aliphatic carboxylic acids is 1. The zero-order chi connectivity index (χ0) is 29.8. The van der Waals surface area contributed by atoms with Crippen LogP contribution in [0.1, 0.15) is 28.3 Å². The maximum absolute atomic E-state index is 13.5. The predicted molar refractivity (Wildman–Crippen MR) is 175 cm³/mol. The number of hydrogen-bond donors (Lipinski definition) is 2. The Kier molecular flexibility index (Phi) is 8.24. The maximum atomic E-state index is 13.5. The molecular weight excluding hydrogens is 573 g/mol. The van der Waals surface area contributed by atoms with Crippen molar-refractivity contribution in [2.75, 3.05) is 6.61 Å². The van der Waals surface area contributed by atoms with E-state index in [2.05, 4.69) is 17.4 Å². The first kappa shape index (κ1) is 28.6. The Morgan fingerprint density at radius 2 is 1.14 bits per heavy atom. The van der Waals surface area contributed by atoms with Crippen molar-refractivity contribution in [1.82, 2.24) is 5.32 Å². The fraction of sp³-hybridized carbons (Fsp3) is 0.111. The van der Waals surface area contributed by atoms with E-state index >= 15 is 0 Å². The van der Waals surface area contributed by atoms with Gasteiger partial charge in [0.25, 0.3) is 0 Å². The highest BCUT2D eigenvalue weighted by atomic mass is 32.4. The lowest BCUT2D eigenvalue weighted by Gasteiger charge is -2.36. The molecule has 0 heterocycles. The summed E-state index contributed by atoms with van der Waals surface area (Å²) in [6, 6.07) is 40.6. The molecule has 0 aliphatic heterocycles. The van der Waals surface area contributed by atoms with Crippen LogP contribution in [-0.4, -0.2) is 29.8 Å². The lowest BCUT2D eigenvalue weighted by Crippen LogP contribution is -2.47. The molecule has 0 saturated carbocycles. The van der Waals surface area contributed by atoms with Crippen LogP contribution in [0.4, 0.5) is 4.79 Å². The summed E-state index contributed by atoms with van der Waals surface area (Å²) < 4.78 is 5.80. The van der Waals surface area contributed by atoms with Crippen LogP contribution in [-0.2, 0) is 21.3 Å². The minimum atomic E-state index is -2.87. The van der Waals surface area contributed by atoms with Crippen LogP contribution in [0, 0.1) is 0 Å². The number of carboxylic acids is 1. The van der Waals surface area contributed by atoms with E-state index in [0.29, 0.717) is 0 Å². The van der Waals surface area contributed by atoms with E-state index < -0.39 is 29.8 Å². The zero-order valence-electron chi connectivity index (χ0n) is 23.2. The second kappa shape index (κ2) is 12.4. The molecule has 214 valence electrons. The number of carbonyl (C=O) groups excluding carboxylic acids is 1. The van der Waals surface area contributed by atoms with Crippen LogP contribution in [0.3, 0.4) is 0 Å². The normalized spacial score (nSPS) is 13.8. The van der Waals surface area contributed by atoms with Gasteiger partial charge in [-0.15, -0.1) is 0 Å². The number of rotatable bonds is 9. The minimum Gasteiger partial charge on any atom is -0.480 e. The van der Waals surface area contributed by atoms with Gasteiger partial charge in [-0.3, -0.25) is 0 Å². The molecule has 1 amide bonds. The molecule has 1 aliphatic carbocycles. The molecule has 5 nitrogen and oxygen atoms in total. The summed E-state index contributed by atoms with van der Waals surface area (Å²) in [5.41, 5.74) is 4.39. The molecule has 5 aromatic rings. The number of carbonyl (C=O) groups is 2. The molecule has 1 aliphatic rings. The molecule has 0 unspecified atom stereocenters. The van der Waals surface area contributed by atoms with Crippen molar-refractivity contribution in [3.8, 4) is 11.1 Å². The fourth-order valence-corrected chi connectivity index (χ4v) is 10.9. The molecule has 0 spiro atoms. The highest BCUT2D eigenvalue weighted by Gasteiger charge is 2.43. The van der Waals surface area contributed by atoms with E-state index in [1.54, 1.807) is 0 Å². The standard InChI is InChI=1S/C36H30NO4PS/c38-35(39)33(37-36(40)41-24-32-30-22-12-10-20-28(30)29-21-11-13-23-31(29)32)34(25-14-4-1-5-15-25)42(43,26-16-6-2-7-17-26)27-18-8-3-9-19-27/h1-23,32-34H,24H2,(H,37,40)(H,38,39)/t33-,34-/m0/s1. The number of fused-ring (bicyclic) bond motifs is 3. The fourth-order valence-electron chi connectivity index (χ4n) is 6.07. The number of ether oxygens (including phenoxy) is 1. The highest BCUT2D eigenvalue weighted by Crippen LogP contribution is 2.59. The molecule has 43 heavy (non-hydrogen) atoms. The van der Waals surface area contributed by atoms with Gasteiger partial charge >= 0.3 is 12.1 Å². The number of benzene rings is 5. The summed E-state index contributed by atoms with van der Waals surface area (Å²) in [6.07, 6.45) is -0.794. The third-order valence-electron chi connectivity index (χ3n) is 8.01.